The first kappa shape index (κ1) is 12.6. The van der Waals surface area contributed by atoms with E-state index in [1.807, 2.05) is 0 Å². The van der Waals surface area contributed by atoms with Crippen LogP contribution in [0.25, 0.3) is 0 Å². The van der Waals surface area contributed by atoms with Crippen LogP contribution in [0, 0.1) is 0 Å². The Morgan fingerprint density at radius 3 is 2.44 bits per heavy atom. The molecule has 1 fully saturated rings. The van der Waals surface area contributed by atoms with Crippen molar-refractivity contribution in [1.29, 1.82) is 0 Å². The molecule has 2 amide bonds. The smallest absolute Gasteiger partial charge is 0.346 e. The van der Waals surface area contributed by atoms with E-state index in [1.54, 1.807) is 0 Å². The highest BCUT2D eigenvalue weighted by Crippen LogP contribution is 2.19. The summed E-state index contributed by atoms with van der Waals surface area (Å²) < 4.78 is 4.95. The van der Waals surface area contributed by atoms with Crippen LogP contribution in [0.3, 0.4) is 0 Å². The lowest BCUT2D eigenvalue weighted by molar-refractivity contribution is -0.0281. The largest absolute Gasteiger partial charge is 0.394 e. The van der Waals surface area contributed by atoms with Gasteiger partial charge in [0.1, 0.15) is 18.3 Å². The SMILES string of the molecule is NC(N)=NC(=O)N[C@@H]1O[C@H](CO)[C@@H](O)[C@H]1O. The molecule has 1 aliphatic heterocycles. The number of hydrogen-bond acceptors (Lipinski definition) is 5. The summed E-state index contributed by atoms with van der Waals surface area (Å²) in [5, 5.41) is 29.7. The lowest BCUT2D eigenvalue weighted by Gasteiger charge is -2.14. The monoisotopic (exact) mass is 234 g/mol. The Hall–Kier alpha value is -1.42. The van der Waals surface area contributed by atoms with Crippen LogP contribution in [0.5, 0.6) is 0 Å². The van der Waals surface area contributed by atoms with E-state index < -0.39 is 43.1 Å². The van der Waals surface area contributed by atoms with Gasteiger partial charge >= 0.3 is 6.03 Å². The third kappa shape index (κ3) is 2.79. The summed E-state index contributed by atoms with van der Waals surface area (Å²) in [6, 6.07) is -0.908. The highest BCUT2D eigenvalue weighted by Gasteiger charge is 2.42. The van der Waals surface area contributed by atoms with E-state index in [0.717, 1.165) is 0 Å². The topological polar surface area (TPSA) is 163 Å². The van der Waals surface area contributed by atoms with Crippen LogP contribution in [-0.2, 0) is 4.74 Å². The Kier molecular flexibility index (Phi) is 4.01. The van der Waals surface area contributed by atoms with Crippen LogP contribution in [0.1, 0.15) is 0 Å². The van der Waals surface area contributed by atoms with Crippen molar-refractivity contribution in [3.8, 4) is 0 Å². The molecule has 9 nitrogen and oxygen atoms in total. The van der Waals surface area contributed by atoms with Crippen molar-refractivity contribution >= 4 is 12.0 Å². The highest BCUT2D eigenvalue weighted by molar-refractivity contribution is 5.90. The third-order valence-electron chi connectivity index (χ3n) is 2.04. The predicted molar refractivity (Wildman–Crippen MR) is 52.1 cm³/mol. The number of guanidine groups is 1. The number of aliphatic hydroxyl groups excluding tert-OH is 3. The number of nitrogens with zero attached hydrogens (tertiary/aromatic N) is 1. The van der Waals surface area contributed by atoms with Crippen LogP contribution in [0.15, 0.2) is 4.99 Å². The van der Waals surface area contributed by atoms with Gasteiger partial charge < -0.3 is 36.8 Å². The zero-order valence-corrected chi connectivity index (χ0v) is 8.28. The molecule has 8 N–H and O–H groups in total. The minimum Gasteiger partial charge on any atom is -0.394 e. The van der Waals surface area contributed by atoms with Crippen molar-refractivity contribution in [3.63, 3.8) is 0 Å². The molecule has 0 saturated carbocycles. The van der Waals surface area contributed by atoms with E-state index in [1.165, 1.54) is 0 Å². The Labute approximate surface area is 90.7 Å². The van der Waals surface area contributed by atoms with Gasteiger partial charge in [-0.1, -0.05) is 0 Å². The summed E-state index contributed by atoms with van der Waals surface area (Å²) in [6.45, 7) is -0.479. The highest BCUT2D eigenvalue weighted by atomic mass is 16.6. The van der Waals surface area contributed by atoms with Crippen molar-refractivity contribution in [2.24, 2.45) is 16.5 Å². The van der Waals surface area contributed by atoms with E-state index in [2.05, 4.69) is 10.3 Å². The molecule has 1 aliphatic rings. The van der Waals surface area contributed by atoms with Crippen LogP contribution in [-0.4, -0.2) is 58.5 Å². The number of urea groups is 1. The van der Waals surface area contributed by atoms with Crippen molar-refractivity contribution in [3.05, 3.63) is 0 Å². The number of aliphatic hydroxyl groups is 3. The molecule has 0 unspecified atom stereocenters. The summed E-state index contributed by atoms with van der Waals surface area (Å²) in [5.41, 5.74) is 9.91. The molecule has 0 spiro atoms. The average molecular weight is 234 g/mol. The van der Waals surface area contributed by atoms with E-state index in [-0.39, 0.29) is 0 Å². The Morgan fingerprint density at radius 2 is 2.00 bits per heavy atom. The number of carbonyl (C=O) groups is 1. The molecule has 1 heterocycles. The summed E-state index contributed by atoms with van der Waals surface area (Å²) >= 11 is 0. The van der Waals surface area contributed by atoms with Crippen LogP contribution < -0.4 is 16.8 Å². The molecule has 0 aliphatic carbocycles. The maximum absolute atomic E-state index is 11.1. The van der Waals surface area contributed by atoms with Gasteiger partial charge in [-0.25, -0.2) is 4.79 Å². The zero-order valence-electron chi connectivity index (χ0n) is 8.28. The van der Waals surface area contributed by atoms with E-state index >= 15 is 0 Å². The maximum Gasteiger partial charge on any atom is 0.346 e. The van der Waals surface area contributed by atoms with Gasteiger partial charge in [-0.3, -0.25) is 0 Å². The van der Waals surface area contributed by atoms with Crippen LogP contribution in [0.2, 0.25) is 0 Å². The van der Waals surface area contributed by atoms with Gasteiger partial charge in [-0.2, -0.15) is 4.99 Å². The number of carbonyl (C=O) groups excluding carboxylic acids is 1. The van der Waals surface area contributed by atoms with E-state index in [0.29, 0.717) is 0 Å². The van der Waals surface area contributed by atoms with Crippen LogP contribution >= 0.6 is 0 Å². The molecule has 0 aromatic heterocycles. The zero-order chi connectivity index (χ0) is 12.3. The molecule has 92 valence electrons. The van der Waals surface area contributed by atoms with Crippen molar-refractivity contribution in [1.82, 2.24) is 5.32 Å². The number of rotatable bonds is 2. The minimum atomic E-state index is -1.35. The van der Waals surface area contributed by atoms with Gasteiger partial charge in [0.15, 0.2) is 12.2 Å². The number of aliphatic imine (C=N–C) groups is 1. The number of hydrogen-bond donors (Lipinski definition) is 6. The Morgan fingerprint density at radius 1 is 1.38 bits per heavy atom. The minimum absolute atomic E-state index is 0.441. The predicted octanol–water partition coefficient (Wildman–Crippen LogP) is -3.59. The van der Waals surface area contributed by atoms with Gasteiger partial charge in [-0.15, -0.1) is 0 Å². The van der Waals surface area contributed by atoms with Crippen LogP contribution in [0.4, 0.5) is 4.79 Å². The van der Waals surface area contributed by atoms with Gasteiger partial charge in [-0.05, 0) is 0 Å². The van der Waals surface area contributed by atoms with Crippen molar-refractivity contribution in [2.45, 2.75) is 24.5 Å². The van der Waals surface area contributed by atoms with Gasteiger partial charge in [0.25, 0.3) is 0 Å². The summed E-state index contributed by atoms with van der Waals surface area (Å²) in [7, 11) is 0. The number of ether oxygens (including phenoxy) is 1. The average Bonchev–Trinajstić information content (AvgIpc) is 2.44. The number of nitrogens with two attached hydrogens (primary N) is 2. The van der Waals surface area contributed by atoms with Gasteiger partial charge in [0.05, 0.1) is 6.61 Å². The number of nitrogens with one attached hydrogen (secondary N) is 1. The van der Waals surface area contributed by atoms with Gasteiger partial charge in [0, 0.05) is 0 Å². The molecule has 0 bridgehead atoms. The second kappa shape index (κ2) is 5.07. The summed E-state index contributed by atoms with van der Waals surface area (Å²) in [5.74, 6) is -0.441. The first-order valence-corrected chi connectivity index (χ1v) is 4.48. The number of amides is 2. The fourth-order valence-electron chi connectivity index (χ4n) is 1.29. The maximum atomic E-state index is 11.1. The molecule has 1 saturated heterocycles. The molecule has 9 heteroatoms. The van der Waals surface area contributed by atoms with Crippen molar-refractivity contribution in [2.75, 3.05) is 6.61 Å². The molecule has 0 aromatic rings. The second-order valence-corrected chi connectivity index (χ2v) is 3.25. The molecule has 0 aromatic carbocycles. The van der Waals surface area contributed by atoms with E-state index in [4.69, 9.17) is 21.3 Å². The lowest BCUT2D eigenvalue weighted by atomic mass is 10.1. The normalized spacial score (nSPS) is 33.4. The summed E-state index contributed by atoms with van der Waals surface area (Å²) in [6.07, 6.45) is -4.76. The molecular formula is C7H14N4O5. The fraction of sp³-hybridized carbons (Fsp3) is 0.714. The molecule has 1 rings (SSSR count). The molecule has 0 radical (unpaired) electrons. The molecular weight excluding hydrogens is 220 g/mol. The second-order valence-electron chi connectivity index (χ2n) is 3.25. The lowest BCUT2D eigenvalue weighted by Crippen LogP contribution is -2.43. The first-order valence-electron chi connectivity index (χ1n) is 4.48. The summed E-state index contributed by atoms with van der Waals surface area (Å²) in [4.78, 5) is 14.2. The fourth-order valence-corrected chi connectivity index (χ4v) is 1.29. The Balaban J connectivity index is 2.56. The Bertz CT molecular complexity index is 293. The first-order chi connectivity index (χ1) is 7.45. The van der Waals surface area contributed by atoms with E-state index in [9.17, 15) is 15.0 Å². The molecule has 4 atom stereocenters. The standard InChI is InChI=1S/C7H14N4O5/c8-6(9)11-7(15)10-5-4(14)3(13)2(1-12)16-5/h2-5,12-14H,1H2,(H5,8,9,10,11,15)/t2-,3-,4-,5-/m1/s1. The van der Waals surface area contributed by atoms with Crippen molar-refractivity contribution < 1.29 is 24.9 Å². The van der Waals surface area contributed by atoms with Gasteiger partial charge in [0.2, 0.25) is 0 Å². The third-order valence-corrected chi connectivity index (χ3v) is 2.04. The molecule has 16 heavy (non-hydrogen) atoms. The quantitative estimate of drug-likeness (QED) is 0.212.